The van der Waals surface area contributed by atoms with E-state index >= 15 is 0 Å². The highest BCUT2D eigenvalue weighted by Crippen LogP contribution is 2.27. The van der Waals surface area contributed by atoms with Crippen LogP contribution in [0.15, 0.2) is 34.8 Å². The Bertz CT molecular complexity index is 675. The van der Waals surface area contributed by atoms with Gasteiger partial charge in [0.15, 0.2) is 0 Å². The second kappa shape index (κ2) is 6.27. The van der Waals surface area contributed by atoms with E-state index in [1.54, 1.807) is 11.3 Å². The van der Waals surface area contributed by atoms with Gasteiger partial charge in [0.05, 0.1) is 12.7 Å². The SMILES string of the molecule is CC(C)(CNS(=O)(=O)c1cnn(CCN)c1)c1cccs1. The third-order valence-corrected chi connectivity index (χ3v) is 5.76. The lowest BCUT2D eigenvalue weighted by molar-refractivity contribution is 0.509. The normalized spacial score (nSPS) is 12.7. The number of sulfonamides is 1. The van der Waals surface area contributed by atoms with Crippen LogP contribution in [0.2, 0.25) is 0 Å². The smallest absolute Gasteiger partial charge is 0.243 e. The molecule has 0 unspecified atom stereocenters. The Labute approximate surface area is 129 Å². The van der Waals surface area contributed by atoms with Gasteiger partial charge in [0, 0.05) is 29.6 Å². The van der Waals surface area contributed by atoms with E-state index in [4.69, 9.17) is 5.73 Å². The van der Waals surface area contributed by atoms with Crippen LogP contribution in [0.1, 0.15) is 18.7 Å². The maximum atomic E-state index is 12.3. The molecule has 0 atom stereocenters. The van der Waals surface area contributed by atoms with Crippen LogP contribution < -0.4 is 10.5 Å². The second-order valence-electron chi connectivity index (χ2n) is 5.41. The van der Waals surface area contributed by atoms with Crippen LogP contribution in [-0.4, -0.2) is 31.3 Å². The topological polar surface area (TPSA) is 90.0 Å². The van der Waals surface area contributed by atoms with Crippen molar-refractivity contribution in [2.45, 2.75) is 30.7 Å². The Hall–Kier alpha value is -1.22. The Morgan fingerprint density at radius 2 is 2.24 bits per heavy atom. The van der Waals surface area contributed by atoms with Crippen molar-refractivity contribution < 1.29 is 8.42 Å². The van der Waals surface area contributed by atoms with Gasteiger partial charge in [-0.3, -0.25) is 4.68 Å². The van der Waals surface area contributed by atoms with Crippen LogP contribution in [0.4, 0.5) is 0 Å². The summed E-state index contributed by atoms with van der Waals surface area (Å²) >= 11 is 1.62. The van der Waals surface area contributed by atoms with E-state index in [1.165, 1.54) is 17.1 Å². The number of aromatic nitrogens is 2. The number of nitrogens with one attached hydrogen (secondary N) is 1. The minimum absolute atomic E-state index is 0.165. The van der Waals surface area contributed by atoms with Gasteiger partial charge in [-0.05, 0) is 11.4 Å². The summed E-state index contributed by atoms with van der Waals surface area (Å²) in [6.45, 7) is 5.27. The lowest BCUT2D eigenvalue weighted by atomic mass is 9.92. The number of rotatable bonds is 7. The van der Waals surface area contributed by atoms with Crippen molar-refractivity contribution in [3.63, 3.8) is 0 Å². The third kappa shape index (κ3) is 3.91. The molecule has 0 aromatic carbocycles. The predicted molar refractivity (Wildman–Crippen MR) is 83.8 cm³/mol. The minimum atomic E-state index is -3.55. The number of nitrogens with two attached hydrogens (primary N) is 1. The van der Waals surface area contributed by atoms with Gasteiger partial charge in [0.2, 0.25) is 10.0 Å². The molecule has 0 fully saturated rings. The number of nitrogens with zero attached hydrogens (tertiary/aromatic N) is 2. The molecular formula is C13H20N4O2S2. The van der Waals surface area contributed by atoms with Gasteiger partial charge in [-0.2, -0.15) is 5.10 Å². The van der Waals surface area contributed by atoms with Crippen molar-refractivity contribution in [1.29, 1.82) is 0 Å². The lowest BCUT2D eigenvalue weighted by Gasteiger charge is -2.23. The van der Waals surface area contributed by atoms with E-state index < -0.39 is 10.0 Å². The molecule has 2 aromatic rings. The molecule has 21 heavy (non-hydrogen) atoms. The van der Waals surface area contributed by atoms with Gasteiger partial charge < -0.3 is 5.73 Å². The second-order valence-corrected chi connectivity index (χ2v) is 8.13. The molecule has 0 aliphatic heterocycles. The molecule has 0 spiro atoms. The van der Waals surface area contributed by atoms with E-state index in [2.05, 4.69) is 9.82 Å². The molecule has 2 heterocycles. The predicted octanol–water partition coefficient (Wildman–Crippen LogP) is 1.16. The summed E-state index contributed by atoms with van der Waals surface area (Å²) < 4.78 is 28.7. The first-order valence-electron chi connectivity index (χ1n) is 6.61. The van der Waals surface area contributed by atoms with Crippen molar-refractivity contribution >= 4 is 21.4 Å². The summed E-state index contributed by atoms with van der Waals surface area (Å²) in [6.07, 6.45) is 2.84. The molecule has 8 heteroatoms. The molecule has 2 rings (SSSR count). The average Bonchev–Trinajstić information content (AvgIpc) is 3.08. The number of hydrogen-bond donors (Lipinski definition) is 2. The summed E-state index contributed by atoms with van der Waals surface area (Å²) in [5.41, 5.74) is 5.17. The van der Waals surface area contributed by atoms with Gasteiger partial charge in [-0.1, -0.05) is 19.9 Å². The lowest BCUT2D eigenvalue weighted by Crippen LogP contribution is -2.36. The zero-order valence-corrected chi connectivity index (χ0v) is 13.7. The molecule has 2 aromatic heterocycles. The van der Waals surface area contributed by atoms with Crippen LogP contribution in [0, 0.1) is 0 Å². The van der Waals surface area contributed by atoms with Gasteiger partial charge in [-0.25, -0.2) is 13.1 Å². The van der Waals surface area contributed by atoms with Gasteiger partial charge in [0.25, 0.3) is 0 Å². The fourth-order valence-electron chi connectivity index (χ4n) is 1.85. The van der Waals surface area contributed by atoms with Gasteiger partial charge in [0.1, 0.15) is 4.90 Å². The van der Waals surface area contributed by atoms with E-state index in [0.717, 1.165) is 4.88 Å². The molecule has 6 nitrogen and oxygen atoms in total. The van der Waals surface area contributed by atoms with Crippen molar-refractivity contribution in [3.8, 4) is 0 Å². The Balaban J connectivity index is 2.07. The first kappa shape index (κ1) is 16.2. The molecule has 0 radical (unpaired) electrons. The maximum Gasteiger partial charge on any atom is 0.243 e. The van der Waals surface area contributed by atoms with E-state index in [9.17, 15) is 8.42 Å². The molecule has 0 bridgehead atoms. The van der Waals surface area contributed by atoms with Gasteiger partial charge >= 0.3 is 0 Å². The molecule has 0 aliphatic carbocycles. The van der Waals surface area contributed by atoms with E-state index in [1.807, 2.05) is 31.4 Å². The summed E-state index contributed by atoms with van der Waals surface area (Å²) in [7, 11) is -3.55. The van der Waals surface area contributed by atoms with Crippen LogP contribution >= 0.6 is 11.3 Å². The standard InChI is InChI=1S/C13H20N4O2S2/c1-13(2,12-4-3-7-20-12)10-16-21(18,19)11-8-15-17(9-11)6-5-14/h3-4,7-9,16H,5-6,10,14H2,1-2H3. The summed E-state index contributed by atoms with van der Waals surface area (Å²) in [4.78, 5) is 1.31. The summed E-state index contributed by atoms with van der Waals surface area (Å²) in [6, 6.07) is 3.98. The van der Waals surface area contributed by atoms with Crippen LogP contribution in [0.5, 0.6) is 0 Å². The van der Waals surface area contributed by atoms with Crippen molar-refractivity contribution in [1.82, 2.24) is 14.5 Å². The largest absolute Gasteiger partial charge is 0.329 e. The van der Waals surface area contributed by atoms with Crippen molar-refractivity contribution in [2.75, 3.05) is 13.1 Å². The van der Waals surface area contributed by atoms with Crippen LogP contribution in [-0.2, 0) is 22.0 Å². The molecule has 0 amide bonds. The fourth-order valence-corrected chi connectivity index (χ4v) is 3.86. The molecule has 0 saturated carbocycles. The fraction of sp³-hybridized carbons (Fsp3) is 0.462. The molecule has 0 saturated heterocycles. The molecule has 116 valence electrons. The molecule has 0 aliphatic rings. The highest BCUT2D eigenvalue weighted by Gasteiger charge is 2.25. The quantitative estimate of drug-likeness (QED) is 0.798. The highest BCUT2D eigenvalue weighted by molar-refractivity contribution is 7.89. The monoisotopic (exact) mass is 328 g/mol. The zero-order valence-electron chi connectivity index (χ0n) is 12.1. The van der Waals surface area contributed by atoms with Gasteiger partial charge in [-0.15, -0.1) is 11.3 Å². The summed E-state index contributed by atoms with van der Waals surface area (Å²) in [5, 5.41) is 5.97. The van der Waals surface area contributed by atoms with Crippen molar-refractivity contribution in [3.05, 3.63) is 34.8 Å². The number of hydrogen-bond acceptors (Lipinski definition) is 5. The Morgan fingerprint density at radius 1 is 1.48 bits per heavy atom. The molecule has 3 N–H and O–H groups in total. The van der Waals surface area contributed by atoms with Crippen LogP contribution in [0.25, 0.3) is 0 Å². The highest BCUT2D eigenvalue weighted by atomic mass is 32.2. The average molecular weight is 328 g/mol. The molecular weight excluding hydrogens is 308 g/mol. The minimum Gasteiger partial charge on any atom is -0.329 e. The Kier molecular flexibility index (Phi) is 4.82. The first-order valence-corrected chi connectivity index (χ1v) is 8.97. The van der Waals surface area contributed by atoms with Crippen molar-refractivity contribution in [2.24, 2.45) is 5.73 Å². The Morgan fingerprint density at radius 3 is 2.86 bits per heavy atom. The van der Waals surface area contributed by atoms with E-state index in [0.29, 0.717) is 19.6 Å². The summed E-state index contributed by atoms with van der Waals surface area (Å²) in [5.74, 6) is 0. The van der Waals surface area contributed by atoms with Crippen LogP contribution in [0.3, 0.4) is 0 Å². The van der Waals surface area contributed by atoms with E-state index in [-0.39, 0.29) is 10.3 Å². The number of thiophene rings is 1. The zero-order chi connectivity index (χ0) is 15.5. The third-order valence-electron chi connectivity index (χ3n) is 3.17. The maximum absolute atomic E-state index is 12.3. The first-order chi connectivity index (χ1) is 9.85.